The summed E-state index contributed by atoms with van der Waals surface area (Å²) in [5.41, 5.74) is 0.188. The van der Waals surface area contributed by atoms with Crippen LogP contribution in [0.1, 0.15) is 19.8 Å². The van der Waals surface area contributed by atoms with Gasteiger partial charge in [-0.15, -0.1) is 24.0 Å². The molecule has 2 N–H and O–H groups in total. The summed E-state index contributed by atoms with van der Waals surface area (Å²) in [7, 11) is 0. The minimum absolute atomic E-state index is 0. The molecular formula is C16H31IN4O2S. The minimum atomic E-state index is -0.214. The van der Waals surface area contributed by atoms with Gasteiger partial charge in [-0.1, -0.05) is 0 Å². The highest BCUT2D eigenvalue weighted by Crippen LogP contribution is 2.34. The number of likely N-dealkylation sites (tertiary alicyclic amines) is 1. The highest BCUT2D eigenvalue weighted by molar-refractivity contribution is 14.0. The van der Waals surface area contributed by atoms with Crippen molar-refractivity contribution in [2.24, 2.45) is 4.99 Å². The molecule has 0 aromatic rings. The molecule has 0 bridgehead atoms. The van der Waals surface area contributed by atoms with Gasteiger partial charge in [-0.05, 0) is 25.5 Å². The molecule has 3 fully saturated rings. The summed E-state index contributed by atoms with van der Waals surface area (Å²) >= 11 is 2.05. The van der Waals surface area contributed by atoms with Crippen molar-refractivity contribution >= 4 is 41.7 Å². The van der Waals surface area contributed by atoms with Gasteiger partial charge < -0.3 is 20.1 Å². The number of morpholine rings is 1. The summed E-state index contributed by atoms with van der Waals surface area (Å²) in [6.07, 6.45) is 1.84. The van der Waals surface area contributed by atoms with Crippen molar-refractivity contribution in [3.63, 3.8) is 0 Å². The maximum atomic E-state index is 9.80. The fourth-order valence-corrected chi connectivity index (χ4v) is 5.16. The first-order chi connectivity index (χ1) is 11.2. The predicted octanol–water partition coefficient (Wildman–Crippen LogP) is 0.844. The van der Waals surface area contributed by atoms with E-state index in [0.717, 1.165) is 58.3 Å². The Morgan fingerprint density at radius 2 is 2.17 bits per heavy atom. The van der Waals surface area contributed by atoms with Crippen LogP contribution in [0.4, 0.5) is 0 Å². The molecule has 3 aliphatic heterocycles. The molecule has 0 spiro atoms. The molecule has 0 aromatic heterocycles. The van der Waals surface area contributed by atoms with Crippen LogP contribution in [0.25, 0.3) is 0 Å². The highest BCUT2D eigenvalue weighted by atomic mass is 127. The van der Waals surface area contributed by atoms with Gasteiger partial charge in [-0.3, -0.25) is 9.89 Å². The molecule has 0 aromatic carbocycles. The number of aliphatic hydroxyl groups excluding tert-OH is 1. The molecule has 3 aliphatic rings. The summed E-state index contributed by atoms with van der Waals surface area (Å²) in [5, 5.41) is 13.2. The van der Waals surface area contributed by atoms with Gasteiger partial charge in [0, 0.05) is 38.5 Å². The predicted molar refractivity (Wildman–Crippen MR) is 111 cm³/mol. The van der Waals surface area contributed by atoms with Crippen LogP contribution in [-0.4, -0.2) is 96.5 Å². The van der Waals surface area contributed by atoms with E-state index in [9.17, 15) is 5.11 Å². The highest BCUT2D eigenvalue weighted by Gasteiger charge is 2.40. The Morgan fingerprint density at radius 1 is 1.38 bits per heavy atom. The average Bonchev–Trinajstić information content (AvgIpc) is 3.22. The number of nitrogens with zero attached hydrogens (tertiary/aromatic N) is 3. The molecule has 24 heavy (non-hydrogen) atoms. The monoisotopic (exact) mass is 470 g/mol. The first kappa shape index (κ1) is 20.5. The van der Waals surface area contributed by atoms with Crippen LogP contribution in [0.2, 0.25) is 0 Å². The van der Waals surface area contributed by atoms with E-state index >= 15 is 0 Å². The van der Waals surface area contributed by atoms with Crippen LogP contribution < -0.4 is 5.32 Å². The lowest BCUT2D eigenvalue weighted by atomic mass is 9.96. The van der Waals surface area contributed by atoms with Gasteiger partial charge >= 0.3 is 0 Å². The summed E-state index contributed by atoms with van der Waals surface area (Å²) < 4.78 is 5.53. The Morgan fingerprint density at radius 3 is 2.75 bits per heavy atom. The van der Waals surface area contributed by atoms with Crippen LogP contribution in [-0.2, 0) is 4.74 Å². The number of rotatable bonds is 4. The molecule has 0 radical (unpaired) electrons. The average molecular weight is 470 g/mol. The van der Waals surface area contributed by atoms with Gasteiger partial charge in [0.2, 0.25) is 0 Å². The van der Waals surface area contributed by atoms with Gasteiger partial charge in [0.05, 0.1) is 31.4 Å². The summed E-state index contributed by atoms with van der Waals surface area (Å²) in [5.74, 6) is 3.36. The zero-order chi connectivity index (χ0) is 16.1. The number of halogens is 1. The lowest BCUT2D eigenvalue weighted by molar-refractivity contribution is -0.0105. The number of aliphatic hydroxyl groups is 1. The van der Waals surface area contributed by atoms with Crippen molar-refractivity contribution in [3.05, 3.63) is 0 Å². The maximum Gasteiger partial charge on any atom is 0.194 e. The maximum absolute atomic E-state index is 9.80. The van der Waals surface area contributed by atoms with E-state index in [-0.39, 0.29) is 35.6 Å². The number of guanidine groups is 1. The SMILES string of the molecule is CCNC(=NCC1(N2CCOCC2)CCSC1)N1CC[C@@H](O)C1.I. The fraction of sp³-hybridized carbons (Fsp3) is 0.938. The number of hydrogen-bond donors (Lipinski definition) is 2. The Balaban J connectivity index is 0.00000208. The second-order valence-electron chi connectivity index (χ2n) is 6.69. The van der Waals surface area contributed by atoms with Crippen molar-refractivity contribution in [2.45, 2.75) is 31.4 Å². The number of β-amino-alcohol motifs (C(OH)–C–C–N with tert-alkyl or cyclic N) is 1. The van der Waals surface area contributed by atoms with E-state index in [1.54, 1.807) is 0 Å². The van der Waals surface area contributed by atoms with Crippen LogP contribution >= 0.6 is 35.7 Å². The van der Waals surface area contributed by atoms with Crippen LogP contribution in [0.15, 0.2) is 4.99 Å². The third-order valence-electron chi connectivity index (χ3n) is 5.09. The molecule has 3 saturated heterocycles. The zero-order valence-corrected chi connectivity index (χ0v) is 17.7. The minimum Gasteiger partial charge on any atom is -0.391 e. The van der Waals surface area contributed by atoms with E-state index < -0.39 is 0 Å². The summed E-state index contributed by atoms with van der Waals surface area (Å²) in [4.78, 5) is 9.78. The number of ether oxygens (including phenoxy) is 1. The molecule has 6 nitrogen and oxygen atoms in total. The van der Waals surface area contributed by atoms with Crippen molar-refractivity contribution in [1.29, 1.82) is 0 Å². The van der Waals surface area contributed by atoms with Gasteiger partial charge in [0.25, 0.3) is 0 Å². The van der Waals surface area contributed by atoms with Crippen molar-refractivity contribution in [2.75, 3.05) is 64.0 Å². The third kappa shape index (κ3) is 4.90. The standard InChI is InChI=1S/C16H30N4O2S.HI/c1-2-17-15(19-5-3-14(21)11-19)18-12-16(4-10-23-13-16)20-6-8-22-9-7-20;/h14,21H,2-13H2,1H3,(H,17,18);1H/t14-,16?;/m1./s1. The number of thioether (sulfide) groups is 1. The third-order valence-corrected chi connectivity index (χ3v) is 6.32. The van der Waals surface area contributed by atoms with Crippen molar-refractivity contribution in [1.82, 2.24) is 15.1 Å². The molecule has 8 heteroatoms. The first-order valence-corrected chi connectivity index (χ1v) is 10.0. The Kier molecular flexibility index (Phi) is 8.39. The summed E-state index contributed by atoms with van der Waals surface area (Å²) in [6.45, 7) is 9.13. The number of hydrogen-bond acceptors (Lipinski definition) is 5. The summed E-state index contributed by atoms with van der Waals surface area (Å²) in [6, 6.07) is 0. The van der Waals surface area contributed by atoms with Gasteiger partial charge in [-0.25, -0.2) is 0 Å². The molecule has 3 rings (SSSR count). The molecule has 1 unspecified atom stereocenters. The van der Waals surface area contributed by atoms with Crippen molar-refractivity contribution < 1.29 is 9.84 Å². The second-order valence-corrected chi connectivity index (χ2v) is 7.79. The Labute approximate surface area is 166 Å². The van der Waals surface area contributed by atoms with Gasteiger partial charge in [0.1, 0.15) is 0 Å². The first-order valence-electron chi connectivity index (χ1n) is 8.85. The molecule has 0 aliphatic carbocycles. The molecule has 0 amide bonds. The van der Waals surface area contributed by atoms with E-state index in [0.29, 0.717) is 6.54 Å². The lowest BCUT2D eigenvalue weighted by Gasteiger charge is -2.42. The zero-order valence-electron chi connectivity index (χ0n) is 14.6. The lowest BCUT2D eigenvalue weighted by Crippen LogP contribution is -2.56. The Hall–Kier alpha value is 0.230. The number of aliphatic imine (C=N–C) groups is 1. The normalized spacial score (nSPS) is 32.0. The number of nitrogens with one attached hydrogen (secondary N) is 1. The van der Waals surface area contributed by atoms with E-state index in [1.807, 2.05) is 11.8 Å². The topological polar surface area (TPSA) is 60.3 Å². The fourth-order valence-electron chi connectivity index (χ4n) is 3.69. The van der Waals surface area contributed by atoms with Gasteiger partial charge in [0.15, 0.2) is 5.96 Å². The molecule has 2 atom stereocenters. The molecule has 3 heterocycles. The van der Waals surface area contributed by atoms with Crippen LogP contribution in [0.3, 0.4) is 0 Å². The van der Waals surface area contributed by atoms with E-state index in [1.165, 1.54) is 17.9 Å². The molecule has 0 saturated carbocycles. The van der Waals surface area contributed by atoms with E-state index in [4.69, 9.17) is 9.73 Å². The second kappa shape index (κ2) is 9.80. The van der Waals surface area contributed by atoms with Crippen LogP contribution in [0, 0.1) is 0 Å². The quantitative estimate of drug-likeness (QED) is 0.361. The molecule has 140 valence electrons. The largest absolute Gasteiger partial charge is 0.391 e. The van der Waals surface area contributed by atoms with E-state index in [2.05, 4.69) is 22.0 Å². The molecular weight excluding hydrogens is 439 g/mol. The van der Waals surface area contributed by atoms with Crippen LogP contribution in [0.5, 0.6) is 0 Å². The van der Waals surface area contributed by atoms with Gasteiger partial charge in [-0.2, -0.15) is 11.8 Å². The van der Waals surface area contributed by atoms with Crippen molar-refractivity contribution in [3.8, 4) is 0 Å². The Bertz CT molecular complexity index is 415. The smallest absolute Gasteiger partial charge is 0.194 e.